The molecule has 0 unspecified atom stereocenters. The van der Waals surface area contributed by atoms with Crippen LogP contribution in [-0.4, -0.2) is 34.2 Å². The van der Waals surface area contributed by atoms with Gasteiger partial charge < -0.3 is 5.32 Å². The van der Waals surface area contributed by atoms with Crippen LogP contribution >= 0.6 is 46.6 Å². The first-order chi connectivity index (χ1) is 13.3. The van der Waals surface area contributed by atoms with E-state index in [9.17, 15) is 9.59 Å². The molecule has 0 aliphatic carbocycles. The first-order valence-corrected chi connectivity index (χ1v) is 10.3. The van der Waals surface area contributed by atoms with E-state index in [-0.39, 0.29) is 18.2 Å². The van der Waals surface area contributed by atoms with Crippen LogP contribution in [0.15, 0.2) is 41.4 Å². The van der Waals surface area contributed by atoms with E-state index in [1.54, 1.807) is 37.4 Å². The Hall–Kier alpha value is -1.73. The van der Waals surface area contributed by atoms with E-state index < -0.39 is 5.25 Å². The van der Waals surface area contributed by atoms with Crippen LogP contribution in [0.2, 0.25) is 15.1 Å². The highest BCUT2D eigenvalue weighted by Gasteiger charge is 2.37. The van der Waals surface area contributed by atoms with Crippen LogP contribution in [0.1, 0.15) is 12.0 Å². The highest BCUT2D eigenvalue weighted by atomic mass is 35.5. The minimum Gasteiger partial charge on any atom is -0.326 e. The Morgan fingerprint density at radius 2 is 1.96 bits per heavy atom. The van der Waals surface area contributed by atoms with Gasteiger partial charge in [0.15, 0.2) is 5.17 Å². The highest BCUT2D eigenvalue weighted by molar-refractivity contribution is 8.15. The van der Waals surface area contributed by atoms with Gasteiger partial charge >= 0.3 is 0 Å². The van der Waals surface area contributed by atoms with Gasteiger partial charge in [-0.25, -0.2) is 4.99 Å². The molecule has 0 radical (unpaired) electrons. The fraction of sp³-hybridized carbons (Fsp3) is 0.211. The van der Waals surface area contributed by atoms with Crippen molar-refractivity contribution < 1.29 is 9.59 Å². The topological polar surface area (TPSA) is 61.8 Å². The zero-order valence-corrected chi connectivity index (χ0v) is 18.1. The Morgan fingerprint density at radius 3 is 2.68 bits per heavy atom. The fourth-order valence-corrected chi connectivity index (χ4v) is 4.20. The number of halogens is 3. The van der Waals surface area contributed by atoms with Crippen LogP contribution in [0.25, 0.3) is 0 Å². The number of amidine groups is 1. The lowest BCUT2D eigenvalue weighted by atomic mass is 10.2. The number of hydrogen-bond donors (Lipinski definition) is 1. The summed E-state index contributed by atoms with van der Waals surface area (Å²) in [6.45, 7) is 1.88. The molecule has 9 heteroatoms. The molecule has 2 amide bonds. The van der Waals surface area contributed by atoms with Gasteiger partial charge in [-0.15, -0.1) is 0 Å². The number of thioether (sulfide) groups is 1. The van der Waals surface area contributed by atoms with E-state index in [1.165, 1.54) is 16.7 Å². The summed E-state index contributed by atoms with van der Waals surface area (Å²) in [7, 11) is 1.62. The lowest BCUT2D eigenvalue weighted by Crippen LogP contribution is -2.30. The van der Waals surface area contributed by atoms with E-state index in [0.717, 1.165) is 5.56 Å². The predicted octanol–water partition coefficient (Wildman–Crippen LogP) is 5.55. The van der Waals surface area contributed by atoms with Crippen molar-refractivity contribution in [2.45, 2.75) is 18.6 Å². The molecule has 1 aliphatic rings. The molecule has 2 aromatic rings. The summed E-state index contributed by atoms with van der Waals surface area (Å²) in [4.78, 5) is 30.7. The first-order valence-electron chi connectivity index (χ1n) is 8.29. The van der Waals surface area contributed by atoms with Crippen molar-refractivity contribution in [2.75, 3.05) is 12.4 Å². The molecule has 0 bridgehead atoms. The minimum absolute atomic E-state index is 0.0155. The fourth-order valence-electron chi connectivity index (χ4n) is 2.53. The molecule has 28 heavy (non-hydrogen) atoms. The molecular weight excluding hydrogens is 441 g/mol. The van der Waals surface area contributed by atoms with Crippen molar-refractivity contribution in [3.8, 4) is 0 Å². The smallest absolute Gasteiger partial charge is 0.242 e. The second-order valence-corrected chi connectivity index (χ2v) is 8.55. The molecule has 2 aromatic carbocycles. The molecule has 0 saturated carbocycles. The van der Waals surface area contributed by atoms with Gasteiger partial charge in [0.05, 0.1) is 15.7 Å². The number of nitrogens with zero attached hydrogens (tertiary/aromatic N) is 2. The second-order valence-electron chi connectivity index (χ2n) is 6.19. The monoisotopic (exact) mass is 455 g/mol. The maximum atomic E-state index is 12.5. The summed E-state index contributed by atoms with van der Waals surface area (Å²) in [5, 5.41) is 3.93. The van der Waals surface area contributed by atoms with Crippen LogP contribution in [0, 0.1) is 6.92 Å². The van der Waals surface area contributed by atoms with Gasteiger partial charge in [-0.2, -0.15) is 0 Å². The van der Waals surface area contributed by atoms with Crippen molar-refractivity contribution in [1.29, 1.82) is 0 Å². The zero-order valence-electron chi connectivity index (χ0n) is 15.0. The molecule has 0 spiro atoms. The number of benzene rings is 2. The molecule has 1 fully saturated rings. The molecular formula is C19H16Cl3N3O2S. The largest absolute Gasteiger partial charge is 0.326 e. The van der Waals surface area contributed by atoms with E-state index in [1.807, 2.05) is 13.0 Å². The van der Waals surface area contributed by atoms with Crippen molar-refractivity contribution in [2.24, 2.45) is 4.99 Å². The van der Waals surface area contributed by atoms with Crippen molar-refractivity contribution in [1.82, 2.24) is 4.90 Å². The summed E-state index contributed by atoms with van der Waals surface area (Å²) < 4.78 is 0. The first kappa shape index (κ1) is 21.0. The van der Waals surface area contributed by atoms with Crippen LogP contribution < -0.4 is 5.32 Å². The lowest BCUT2D eigenvalue weighted by molar-refractivity contribution is -0.127. The number of hydrogen-bond acceptors (Lipinski definition) is 4. The summed E-state index contributed by atoms with van der Waals surface area (Å²) in [6, 6.07) is 10.4. The van der Waals surface area contributed by atoms with Crippen molar-refractivity contribution in [3.63, 3.8) is 0 Å². The van der Waals surface area contributed by atoms with Gasteiger partial charge in [0.25, 0.3) is 0 Å². The zero-order chi connectivity index (χ0) is 20.4. The normalized spacial score (nSPS) is 18.0. The molecule has 5 nitrogen and oxygen atoms in total. The maximum absolute atomic E-state index is 12.5. The standard InChI is InChI=1S/C19H16Cl3N3O2S/c1-10-6-7-11(8-13(10)21)23-16(26)9-15-18(27)25(2)19(28-15)24-14-5-3-4-12(20)17(14)22/h3-8,15H,9H2,1-2H3,(H,23,26)/t15-/m1/s1. The van der Waals surface area contributed by atoms with E-state index in [2.05, 4.69) is 10.3 Å². The van der Waals surface area contributed by atoms with Gasteiger partial charge in [-0.3, -0.25) is 14.5 Å². The third-order valence-electron chi connectivity index (χ3n) is 4.11. The number of rotatable bonds is 4. The number of carbonyl (C=O) groups excluding carboxylic acids is 2. The van der Waals surface area contributed by atoms with E-state index >= 15 is 0 Å². The molecule has 1 saturated heterocycles. The SMILES string of the molecule is Cc1ccc(NC(=O)C[C@H]2SC(=Nc3cccc(Cl)c3Cl)N(C)C2=O)cc1Cl. The number of amides is 2. The second kappa shape index (κ2) is 8.74. The van der Waals surface area contributed by atoms with Gasteiger partial charge in [-0.1, -0.05) is 58.7 Å². The Labute approximate surface area is 182 Å². The van der Waals surface area contributed by atoms with Crippen LogP contribution in [0.5, 0.6) is 0 Å². The van der Waals surface area contributed by atoms with Gasteiger partial charge in [0.2, 0.25) is 11.8 Å². The number of anilines is 1. The Balaban J connectivity index is 1.70. The number of aryl methyl sites for hydroxylation is 1. The minimum atomic E-state index is -0.567. The van der Waals surface area contributed by atoms with E-state index in [4.69, 9.17) is 34.8 Å². The molecule has 1 atom stereocenters. The summed E-state index contributed by atoms with van der Waals surface area (Å²) >= 11 is 19.5. The van der Waals surface area contributed by atoms with Crippen LogP contribution in [0.3, 0.4) is 0 Å². The summed E-state index contributed by atoms with van der Waals surface area (Å²) in [5.41, 5.74) is 1.98. The summed E-state index contributed by atoms with van der Waals surface area (Å²) in [6.07, 6.45) is 0.0155. The van der Waals surface area contributed by atoms with Gasteiger partial charge in [-0.05, 0) is 36.8 Å². The van der Waals surface area contributed by atoms with Gasteiger partial charge in [0.1, 0.15) is 5.25 Å². The third-order valence-corrected chi connectivity index (χ3v) is 6.56. The Bertz CT molecular complexity index is 981. The molecule has 146 valence electrons. The van der Waals surface area contributed by atoms with Crippen LogP contribution in [-0.2, 0) is 9.59 Å². The molecule has 3 rings (SSSR count). The Morgan fingerprint density at radius 1 is 1.21 bits per heavy atom. The number of carbonyl (C=O) groups is 2. The lowest BCUT2D eigenvalue weighted by Gasteiger charge is -2.10. The quantitative estimate of drug-likeness (QED) is 0.656. The number of aliphatic imine (C=N–C) groups is 1. The average Bonchev–Trinajstić information content (AvgIpc) is 2.90. The highest BCUT2D eigenvalue weighted by Crippen LogP contribution is 2.36. The van der Waals surface area contributed by atoms with E-state index in [0.29, 0.717) is 31.6 Å². The maximum Gasteiger partial charge on any atom is 0.242 e. The third kappa shape index (κ3) is 4.63. The Kier molecular flexibility index (Phi) is 6.55. The average molecular weight is 457 g/mol. The molecule has 1 N–H and O–H groups in total. The molecule has 1 aliphatic heterocycles. The predicted molar refractivity (Wildman–Crippen MR) is 117 cm³/mol. The molecule has 0 aromatic heterocycles. The van der Waals surface area contributed by atoms with Crippen molar-refractivity contribution in [3.05, 3.63) is 57.0 Å². The number of nitrogens with one attached hydrogen (secondary N) is 1. The summed E-state index contributed by atoms with van der Waals surface area (Å²) in [5.74, 6) is -0.472. The van der Waals surface area contributed by atoms with Crippen molar-refractivity contribution >= 4 is 74.9 Å². The molecule has 1 heterocycles. The van der Waals surface area contributed by atoms with Crippen LogP contribution in [0.4, 0.5) is 11.4 Å². The van der Waals surface area contributed by atoms with Gasteiger partial charge in [0, 0.05) is 24.2 Å².